The Morgan fingerprint density at radius 1 is 1.29 bits per heavy atom. The second-order valence-corrected chi connectivity index (χ2v) is 1.33. The Morgan fingerprint density at radius 2 is 1.57 bits per heavy atom. The van der Waals surface area contributed by atoms with Gasteiger partial charge in [0.2, 0.25) is 0 Å². The largest absolute Gasteiger partial charge is 0.103 e. The zero-order valence-corrected chi connectivity index (χ0v) is 4.15. The molecule has 0 heterocycles. The van der Waals surface area contributed by atoms with E-state index >= 15 is 0 Å². The van der Waals surface area contributed by atoms with Crippen molar-refractivity contribution in [1.82, 2.24) is 0 Å². The molecule has 0 nitrogen and oxygen atoms in total. The van der Waals surface area contributed by atoms with E-state index in [0.29, 0.717) is 5.92 Å². The van der Waals surface area contributed by atoms with E-state index in [1.54, 1.807) is 0 Å². The molecule has 0 N–H and O–H groups in total. The van der Waals surface area contributed by atoms with E-state index in [0.717, 1.165) is 0 Å². The van der Waals surface area contributed by atoms with Crippen molar-refractivity contribution in [1.29, 1.82) is 0 Å². The molecular formula is C7H14. The topological polar surface area (TPSA) is 0 Å². The molecule has 0 aliphatic carbocycles. The Bertz CT molecular complexity index is 45.1. The van der Waals surface area contributed by atoms with Crippen LogP contribution in [0.3, 0.4) is 0 Å². The number of allylic oxidation sites excluding steroid dienone is 2. The molecule has 0 saturated heterocycles. The molecule has 0 saturated carbocycles. The normalized spacial score (nSPS) is 7.14. The van der Waals surface area contributed by atoms with Gasteiger partial charge in [0.1, 0.15) is 0 Å². The fourth-order valence-electron chi connectivity index (χ4n) is 0.0962. The average Bonchev–Trinajstić information content (AvgIpc) is 1.65. The molecule has 0 heteroatoms. The third-order valence-electron chi connectivity index (χ3n) is 0.744. The highest BCUT2D eigenvalue weighted by molar-refractivity contribution is 4.87. The van der Waals surface area contributed by atoms with Crippen molar-refractivity contribution in [3.05, 3.63) is 25.3 Å². The summed E-state index contributed by atoms with van der Waals surface area (Å²) in [4.78, 5) is 0. The van der Waals surface area contributed by atoms with Crippen molar-refractivity contribution >= 4 is 0 Å². The maximum Gasteiger partial charge on any atom is -0.00872 e. The molecule has 0 radical (unpaired) electrons. The highest BCUT2D eigenvalue weighted by atomic mass is 13.8. The van der Waals surface area contributed by atoms with Gasteiger partial charge in [-0.1, -0.05) is 26.5 Å². The number of hydrogen-bond acceptors (Lipinski definition) is 0. The highest BCUT2D eigenvalue weighted by Gasteiger charge is 1.78. The summed E-state index contributed by atoms with van der Waals surface area (Å²) in [6, 6.07) is 0. The van der Waals surface area contributed by atoms with Crippen molar-refractivity contribution in [3.63, 3.8) is 0 Å². The van der Waals surface area contributed by atoms with E-state index in [2.05, 4.69) is 13.2 Å². The van der Waals surface area contributed by atoms with Gasteiger partial charge in [-0.15, -0.1) is 13.2 Å². The molecule has 0 amide bonds. The van der Waals surface area contributed by atoms with Crippen LogP contribution in [0.4, 0.5) is 0 Å². The summed E-state index contributed by atoms with van der Waals surface area (Å²) < 4.78 is 0. The molecule has 42 valence electrons. The minimum atomic E-state index is 0. The van der Waals surface area contributed by atoms with Gasteiger partial charge in [-0.3, -0.25) is 0 Å². The second kappa shape index (κ2) is 5.48. The lowest BCUT2D eigenvalue weighted by atomic mass is 10.2. The van der Waals surface area contributed by atoms with Gasteiger partial charge in [-0.25, -0.2) is 0 Å². The Morgan fingerprint density at radius 3 is 1.57 bits per heavy atom. The van der Waals surface area contributed by atoms with Crippen LogP contribution in [0, 0.1) is 5.92 Å². The van der Waals surface area contributed by atoms with Crippen LogP contribution < -0.4 is 0 Å². The Kier molecular flexibility index (Phi) is 7.59. The first-order chi connectivity index (χ1) is 2.81. The third kappa shape index (κ3) is 5.48. The molecule has 0 aromatic carbocycles. The average molecular weight is 98.2 g/mol. The molecule has 0 aromatic rings. The van der Waals surface area contributed by atoms with Crippen molar-refractivity contribution in [2.45, 2.75) is 14.4 Å². The molecule has 0 rings (SSSR count). The maximum atomic E-state index is 3.56. The monoisotopic (exact) mass is 98.1 g/mol. The van der Waals surface area contributed by atoms with Gasteiger partial charge in [0.25, 0.3) is 0 Å². The summed E-state index contributed by atoms with van der Waals surface area (Å²) in [7, 11) is 0. The molecule has 0 fully saturated rings. The molecular weight excluding hydrogens is 84.1 g/mol. The van der Waals surface area contributed by atoms with E-state index in [4.69, 9.17) is 0 Å². The van der Waals surface area contributed by atoms with Crippen LogP contribution in [0.15, 0.2) is 25.3 Å². The van der Waals surface area contributed by atoms with Gasteiger partial charge in [0, 0.05) is 0 Å². The lowest BCUT2D eigenvalue weighted by Crippen LogP contribution is -1.75. The van der Waals surface area contributed by atoms with Crippen molar-refractivity contribution in [3.8, 4) is 0 Å². The van der Waals surface area contributed by atoms with Crippen LogP contribution in [0.1, 0.15) is 14.4 Å². The molecule has 0 bridgehead atoms. The first-order valence-corrected chi connectivity index (χ1v) is 2.06. The first kappa shape index (κ1) is 9.70. The number of rotatable bonds is 2. The van der Waals surface area contributed by atoms with Crippen LogP contribution in [-0.2, 0) is 0 Å². The summed E-state index contributed by atoms with van der Waals surface area (Å²) in [5.41, 5.74) is 0. The van der Waals surface area contributed by atoms with Crippen LogP contribution in [-0.4, -0.2) is 0 Å². The first-order valence-electron chi connectivity index (χ1n) is 2.06. The highest BCUT2D eigenvalue weighted by Crippen LogP contribution is 1.92. The predicted molar refractivity (Wildman–Crippen MR) is 36.3 cm³/mol. The van der Waals surface area contributed by atoms with Crippen molar-refractivity contribution in [2.75, 3.05) is 0 Å². The lowest BCUT2D eigenvalue weighted by Gasteiger charge is -1.88. The summed E-state index contributed by atoms with van der Waals surface area (Å²) in [5, 5.41) is 0. The summed E-state index contributed by atoms with van der Waals surface area (Å²) >= 11 is 0. The van der Waals surface area contributed by atoms with Crippen molar-refractivity contribution in [2.24, 2.45) is 5.92 Å². The molecule has 0 unspecified atom stereocenters. The van der Waals surface area contributed by atoms with Crippen molar-refractivity contribution < 1.29 is 0 Å². The van der Waals surface area contributed by atoms with E-state index in [-0.39, 0.29) is 7.43 Å². The minimum absolute atomic E-state index is 0. The molecule has 0 spiro atoms. The van der Waals surface area contributed by atoms with Gasteiger partial charge in [0.05, 0.1) is 0 Å². The summed E-state index contributed by atoms with van der Waals surface area (Å²) in [6.45, 7) is 9.16. The Labute approximate surface area is 46.6 Å². The Balaban J connectivity index is 0. The fourth-order valence-corrected chi connectivity index (χ4v) is 0.0962. The summed E-state index contributed by atoms with van der Waals surface area (Å²) in [5.74, 6) is 0.463. The van der Waals surface area contributed by atoms with Crippen LogP contribution in [0.25, 0.3) is 0 Å². The zero-order chi connectivity index (χ0) is 4.99. The molecule has 7 heavy (non-hydrogen) atoms. The molecule has 0 aliphatic rings. The zero-order valence-electron chi connectivity index (χ0n) is 4.15. The fraction of sp³-hybridized carbons (Fsp3) is 0.429. The second-order valence-electron chi connectivity index (χ2n) is 1.33. The number of hydrogen-bond donors (Lipinski definition) is 0. The third-order valence-corrected chi connectivity index (χ3v) is 0.744. The van der Waals surface area contributed by atoms with Gasteiger partial charge in [0.15, 0.2) is 0 Å². The molecule has 0 aromatic heterocycles. The van der Waals surface area contributed by atoms with Crippen LogP contribution >= 0.6 is 0 Å². The standard InChI is InChI=1S/C6H10.CH4/c1-4-6(3)5-2;/h4-6H,1-2H2,3H3;1H4. The smallest absolute Gasteiger partial charge is 0.00872 e. The maximum absolute atomic E-state index is 3.56. The van der Waals surface area contributed by atoms with Crippen LogP contribution in [0.2, 0.25) is 0 Å². The molecule has 0 aliphatic heterocycles. The van der Waals surface area contributed by atoms with Gasteiger partial charge in [-0.05, 0) is 5.92 Å². The van der Waals surface area contributed by atoms with E-state index in [1.807, 2.05) is 19.1 Å². The van der Waals surface area contributed by atoms with E-state index in [1.165, 1.54) is 0 Å². The predicted octanol–water partition coefficient (Wildman–Crippen LogP) is 2.63. The van der Waals surface area contributed by atoms with Crippen LogP contribution in [0.5, 0.6) is 0 Å². The lowest BCUT2D eigenvalue weighted by molar-refractivity contribution is 0.948. The molecule has 0 atom stereocenters. The van der Waals surface area contributed by atoms with E-state index in [9.17, 15) is 0 Å². The Hall–Kier alpha value is -0.520. The van der Waals surface area contributed by atoms with Gasteiger partial charge in [-0.2, -0.15) is 0 Å². The van der Waals surface area contributed by atoms with Gasteiger partial charge < -0.3 is 0 Å². The quantitative estimate of drug-likeness (QED) is 0.466. The van der Waals surface area contributed by atoms with Gasteiger partial charge >= 0.3 is 0 Å². The summed E-state index contributed by atoms with van der Waals surface area (Å²) in [6.07, 6.45) is 3.71. The SMILES string of the molecule is C.C=CC(C)C=C. The minimum Gasteiger partial charge on any atom is -0.103 e. The van der Waals surface area contributed by atoms with E-state index < -0.39 is 0 Å².